The summed E-state index contributed by atoms with van der Waals surface area (Å²) in [7, 11) is 0. The highest BCUT2D eigenvalue weighted by Gasteiger charge is 2.29. The average molecular weight is 382 g/mol. The third-order valence-electron chi connectivity index (χ3n) is 4.09. The standard InChI is InChI=1S/C22H22O6/c1-5-10-26-20(24)13-6-8-15-16-9-7-14(21(25)27-28-22(2,3)4)12-18(16)19(23)17(15)11-13/h6-9,11-12H,5,10H2,1-4H3. The second-order valence-corrected chi connectivity index (χ2v) is 7.55. The molecule has 0 bridgehead atoms. The average Bonchev–Trinajstić information content (AvgIpc) is 2.95. The summed E-state index contributed by atoms with van der Waals surface area (Å²) in [6, 6.07) is 9.67. The molecule has 0 atom stereocenters. The maximum Gasteiger partial charge on any atom is 0.373 e. The van der Waals surface area contributed by atoms with Gasteiger partial charge in [-0.15, -0.1) is 0 Å². The molecular weight excluding hydrogens is 360 g/mol. The lowest BCUT2D eigenvalue weighted by Gasteiger charge is -2.16. The molecule has 2 aromatic carbocycles. The molecule has 0 aliphatic heterocycles. The van der Waals surface area contributed by atoms with E-state index >= 15 is 0 Å². The van der Waals surface area contributed by atoms with Crippen LogP contribution < -0.4 is 0 Å². The van der Waals surface area contributed by atoms with Gasteiger partial charge in [-0.2, -0.15) is 4.89 Å². The summed E-state index contributed by atoms with van der Waals surface area (Å²) in [5.74, 6) is -1.39. The zero-order valence-electron chi connectivity index (χ0n) is 16.3. The first-order valence-electron chi connectivity index (χ1n) is 9.11. The number of esters is 1. The van der Waals surface area contributed by atoms with E-state index in [4.69, 9.17) is 14.5 Å². The van der Waals surface area contributed by atoms with Gasteiger partial charge in [0.05, 0.1) is 17.7 Å². The Balaban J connectivity index is 1.86. The summed E-state index contributed by atoms with van der Waals surface area (Å²) in [5, 5.41) is 0. The van der Waals surface area contributed by atoms with Crippen molar-refractivity contribution >= 4 is 17.7 Å². The molecule has 28 heavy (non-hydrogen) atoms. The smallest absolute Gasteiger partial charge is 0.373 e. The van der Waals surface area contributed by atoms with Crippen LogP contribution in [0, 0.1) is 0 Å². The zero-order chi connectivity index (χ0) is 20.5. The molecule has 6 nitrogen and oxygen atoms in total. The minimum absolute atomic E-state index is 0.215. The Morgan fingerprint density at radius 2 is 1.39 bits per heavy atom. The summed E-state index contributed by atoms with van der Waals surface area (Å²) < 4.78 is 5.13. The summed E-state index contributed by atoms with van der Waals surface area (Å²) in [6.45, 7) is 7.50. The normalized spacial score (nSPS) is 12.4. The molecule has 0 N–H and O–H groups in total. The fourth-order valence-electron chi connectivity index (χ4n) is 2.82. The van der Waals surface area contributed by atoms with Gasteiger partial charge in [0, 0.05) is 11.1 Å². The molecular formula is C22H22O6. The first kappa shape index (κ1) is 19.8. The van der Waals surface area contributed by atoms with Crippen LogP contribution in [0.25, 0.3) is 11.1 Å². The van der Waals surface area contributed by atoms with Crippen molar-refractivity contribution in [2.24, 2.45) is 0 Å². The van der Waals surface area contributed by atoms with Crippen molar-refractivity contribution in [2.75, 3.05) is 6.61 Å². The molecule has 0 amide bonds. The van der Waals surface area contributed by atoms with E-state index in [1.165, 1.54) is 12.1 Å². The van der Waals surface area contributed by atoms with E-state index in [2.05, 4.69) is 0 Å². The van der Waals surface area contributed by atoms with Crippen LogP contribution in [-0.2, 0) is 14.5 Å². The fraction of sp³-hybridized carbons (Fsp3) is 0.318. The van der Waals surface area contributed by atoms with Crippen LogP contribution in [0.5, 0.6) is 0 Å². The maximum absolute atomic E-state index is 12.8. The molecule has 0 aromatic heterocycles. The molecule has 0 radical (unpaired) electrons. The second-order valence-electron chi connectivity index (χ2n) is 7.55. The number of ketones is 1. The fourth-order valence-corrected chi connectivity index (χ4v) is 2.82. The molecule has 0 unspecified atom stereocenters. The topological polar surface area (TPSA) is 78.9 Å². The van der Waals surface area contributed by atoms with Gasteiger partial charge in [0.15, 0.2) is 5.78 Å². The predicted octanol–water partition coefficient (Wildman–Crippen LogP) is 4.35. The molecule has 0 saturated heterocycles. The molecule has 1 aliphatic rings. The summed E-state index contributed by atoms with van der Waals surface area (Å²) in [4.78, 5) is 47.0. The van der Waals surface area contributed by atoms with Crippen LogP contribution >= 0.6 is 0 Å². The molecule has 1 aliphatic carbocycles. The Bertz CT molecular complexity index is 952. The van der Waals surface area contributed by atoms with E-state index in [1.54, 1.807) is 45.0 Å². The lowest BCUT2D eigenvalue weighted by molar-refractivity contribution is -0.301. The van der Waals surface area contributed by atoms with E-state index in [-0.39, 0.29) is 11.3 Å². The maximum atomic E-state index is 12.8. The highest BCUT2D eigenvalue weighted by molar-refractivity contribution is 6.22. The molecule has 0 spiro atoms. The van der Waals surface area contributed by atoms with E-state index in [0.717, 1.165) is 12.0 Å². The van der Waals surface area contributed by atoms with Crippen LogP contribution in [0.15, 0.2) is 36.4 Å². The third-order valence-corrected chi connectivity index (χ3v) is 4.09. The van der Waals surface area contributed by atoms with Crippen molar-refractivity contribution < 1.29 is 28.9 Å². The number of ether oxygens (including phenoxy) is 1. The van der Waals surface area contributed by atoms with Gasteiger partial charge in [-0.05, 0) is 62.6 Å². The summed E-state index contributed by atoms with van der Waals surface area (Å²) in [6.07, 6.45) is 0.721. The Morgan fingerprint density at radius 3 is 1.89 bits per heavy atom. The van der Waals surface area contributed by atoms with Gasteiger partial charge < -0.3 is 4.74 Å². The Hall–Kier alpha value is -2.99. The van der Waals surface area contributed by atoms with Crippen molar-refractivity contribution in [3.63, 3.8) is 0 Å². The van der Waals surface area contributed by atoms with Gasteiger partial charge in [-0.25, -0.2) is 9.59 Å². The number of fused-ring (bicyclic) bond motifs is 3. The van der Waals surface area contributed by atoms with Gasteiger partial charge in [0.2, 0.25) is 0 Å². The first-order valence-corrected chi connectivity index (χ1v) is 9.11. The quantitative estimate of drug-likeness (QED) is 0.371. The Labute approximate surface area is 163 Å². The molecule has 0 fully saturated rings. The zero-order valence-corrected chi connectivity index (χ0v) is 16.3. The molecule has 6 heteroatoms. The van der Waals surface area contributed by atoms with Crippen LogP contribution in [0.4, 0.5) is 0 Å². The minimum Gasteiger partial charge on any atom is -0.462 e. The molecule has 2 aromatic rings. The predicted molar refractivity (Wildman–Crippen MR) is 102 cm³/mol. The Kier molecular flexibility index (Phi) is 5.34. The van der Waals surface area contributed by atoms with Crippen LogP contribution in [-0.4, -0.2) is 29.9 Å². The molecule has 0 saturated carbocycles. The SMILES string of the molecule is CCCOC(=O)c1ccc2c(c1)C(=O)c1cc(C(=O)OOC(C)(C)C)ccc1-2. The molecule has 3 rings (SSSR count). The summed E-state index contributed by atoms with van der Waals surface area (Å²) in [5.41, 5.74) is 2.14. The Morgan fingerprint density at radius 1 is 0.857 bits per heavy atom. The van der Waals surface area contributed by atoms with Crippen molar-refractivity contribution in [1.29, 1.82) is 0 Å². The molecule has 0 heterocycles. The van der Waals surface area contributed by atoms with Gasteiger partial charge >= 0.3 is 11.9 Å². The number of benzene rings is 2. The van der Waals surface area contributed by atoms with E-state index < -0.39 is 17.5 Å². The van der Waals surface area contributed by atoms with E-state index in [1.807, 2.05) is 6.92 Å². The number of hydrogen-bond donors (Lipinski definition) is 0. The highest BCUT2D eigenvalue weighted by Crippen LogP contribution is 2.37. The van der Waals surface area contributed by atoms with Gasteiger partial charge in [-0.3, -0.25) is 9.68 Å². The lowest BCUT2D eigenvalue weighted by atomic mass is 10.0. The summed E-state index contributed by atoms with van der Waals surface area (Å²) >= 11 is 0. The van der Waals surface area contributed by atoms with Crippen molar-refractivity contribution in [2.45, 2.75) is 39.7 Å². The van der Waals surface area contributed by atoms with E-state index in [9.17, 15) is 14.4 Å². The number of carbonyl (C=O) groups is 3. The second kappa shape index (κ2) is 7.56. The van der Waals surface area contributed by atoms with Gasteiger partial charge in [0.25, 0.3) is 0 Å². The number of hydrogen-bond acceptors (Lipinski definition) is 6. The van der Waals surface area contributed by atoms with Crippen LogP contribution in [0.3, 0.4) is 0 Å². The minimum atomic E-state index is -0.676. The van der Waals surface area contributed by atoms with Crippen molar-refractivity contribution in [3.8, 4) is 11.1 Å². The van der Waals surface area contributed by atoms with E-state index in [0.29, 0.717) is 28.9 Å². The van der Waals surface area contributed by atoms with Gasteiger partial charge in [-0.1, -0.05) is 19.1 Å². The first-order chi connectivity index (χ1) is 13.2. The van der Waals surface area contributed by atoms with Crippen molar-refractivity contribution in [3.05, 3.63) is 58.7 Å². The number of carbonyl (C=O) groups excluding carboxylic acids is 3. The highest BCUT2D eigenvalue weighted by atomic mass is 17.2. The van der Waals surface area contributed by atoms with Crippen LogP contribution in [0.2, 0.25) is 0 Å². The largest absolute Gasteiger partial charge is 0.462 e. The van der Waals surface area contributed by atoms with Gasteiger partial charge in [0.1, 0.15) is 5.60 Å². The third kappa shape index (κ3) is 3.97. The lowest BCUT2D eigenvalue weighted by Crippen LogP contribution is -2.22. The van der Waals surface area contributed by atoms with Crippen molar-refractivity contribution in [1.82, 2.24) is 0 Å². The number of rotatable bonds is 5. The van der Waals surface area contributed by atoms with Crippen LogP contribution in [0.1, 0.15) is 70.8 Å². The monoisotopic (exact) mass is 382 g/mol. The molecule has 146 valence electrons.